The van der Waals surface area contributed by atoms with Gasteiger partial charge in [-0.25, -0.2) is 0 Å². The van der Waals surface area contributed by atoms with E-state index in [1.54, 1.807) is 0 Å². The Morgan fingerprint density at radius 1 is 1.35 bits per heavy atom. The molecule has 1 aliphatic rings. The van der Waals surface area contributed by atoms with Gasteiger partial charge in [0.2, 0.25) is 6.79 Å². The molecule has 20 heavy (non-hydrogen) atoms. The van der Waals surface area contributed by atoms with Crippen LogP contribution in [-0.4, -0.2) is 17.9 Å². The van der Waals surface area contributed by atoms with Gasteiger partial charge in [-0.1, -0.05) is 0 Å². The first-order chi connectivity index (χ1) is 9.29. The lowest BCUT2D eigenvalue weighted by Crippen LogP contribution is -2.18. The number of carbonyl (C=O) groups is 1. The third-order valence-corrected chi connectivity index (χ3v) is 2.92. The summed E-state index contributed by atoms with van der Waals surface area (Å²) in [5.74, 6) is -0.931. The average Bonchev–Trinajstić information content (AvgIpc) is 2.80. The van der Waals surface area contributed by atoms with Crippen molar-refractivity contribution < 1.29 is 32.5 Å². The molecule has 0 saturated carbocycles. The van der Waals surface area contributed by atoms with E-state index < -0.39 is 23.8 Å². The molecule has 3 N–H and O–H groups in total. The highest BCUT2D eigenvalue weighted by molar-refractivity contribution is 5.66. The van der Waals surface area contributed by atoms with Crippen LogP contribution >= 0.6 is 0 Å². The Hall–Kier alpha value is -1.96. The van der Waals surface area contributed by atoms with Gasteiger partial charge < -0.3 is 20.3 Å². The van der Waals surface area contributed by atoms with Crippen LogP contribution in [0.5, 0.6) is 11.5 Å². The van der Waals surface area contributed by atoms with Gasteiger partial charge in [0.15, 0.2) is 11.5 Å². The van der Waals surface area contributed by atoms with Crippen molar-refractivity contribution in [1.29, 1.82) is 0 Å². The quantitative estimate of drug-likeness (QED) is 0.889. The standard InChI is InChI=1S/C12H12F3NO4/c13-12(14,15)7-4-10-9(19-5-20-10)3-6(7)8(16)1-2-11(17)18/h3-4,8H,1-2,5,16H2,(H,17,18). The summed E-state index contributed by atoms with van der Waals surface area (Å²) >= 11 is 0. The SMILES string of the molecule is NC(CCC(=O)O)c1cc2c(cc1C(F)(F)F)OCO2. The molecule has 0 fully saturated rings. The Bertz CT molecular complexity index is 530. The summed E-state index contributed by atoms with van der Waals surface area (Å²) in [4.78, 5) is 10.5. The molecule has 2 rings (SSSR count). The number of carboxylic acids is 1. The fourth-order valence-electron chi connectivity index (χ4n) is 1.94. The minimum Gasteiger partial charge on any atom is -0.481 e. The summed E-state index contributed by atoms with van der Waals surface area (Å²) in [5.41, 5.74) is 4.55. The number of nitrogens with two attached hydrogens (primary N) is 1. The molecule has 1 aliphatic heterocycles. The smallest absolute Gasteiger partial charge is 0.416 e. The molecule has 1 unspecified atom stereocenters. The van der Waals surface area contributed by atoms with Crippen molar-refractivity contribution in [2.75, 3.05) is 6.79 Å². The number of carboxylic acid groups (broad SMARTS) is 1. The third-order valence-electron chi connectivity index (χ3n) is 2.92. The molecule has 0 bridgehead atoms. The van der Waals surface area contributed by atoms with Crippen LogP contribution in [0.3, 0.4) is 0 Å². The zero-order chi connectivity index (χ0) is 14.9. The molecule has 0 amide bonds. The van der Waals surface area contributed by atoms with Crippen molar-refractivity contribution in [2.24, 2.45) is 5.73 Å². The van der Waals surface area contributed by atoms with Gasteiger partial charge in [0, 0.05) is 12.5 Å². The number of aliphatic carboxylic acids is 1. The van der Waals surface area contributed by atoms with Gasteiger partial charge in [-0.05, 0) is 24.1 Å². The topological polar surface area (TPSA) is 81.8 Å². The maximum absolute atomic E-state index is 13.0. The van der Waals surface area contributed by atoms with Crippen LogP contribution in [0, 0.1) is 0 Å². The van der Waals surface area contributed by atoms with Crippen LogP contribution in [0.15, 0.2) is 12.1 Å². The van der Waals surface area contributed by atoms with Crippen molar-refractivity contribution in [3.63, 3.8) is 0 Å². The molecule has 8 heteroatoms. The summed E-state index contributed by atoms with van der Waals surface area (Å²) in [5, 5.41) is 8.57. The van der Waals surface area contributed by atoms with Gasteiger partial charge in [0.05, 0.1) is 5.56 Å². The Morgan fingerprint density at radius 3 is 2.50 bits per heavy atom. The highest BCUT2D eigenvalue weighted by atomic mass is 19.4. The van der Waals surface area contributed by atoms with E-state index in [0.717, 1.165) is 12.1 Å². The first kappa shape index (κ1) is 14.4. The molecule has 5 nitrogen and oxygen atoms in total. The third kappa shape index (κ3) is 2.96. The number of hydrogen-bond acceptors (Lipinski definition) is 4. The van der Waals surface area contributed by atoms with Crippen LogP contribution in [-0.2, 0) is 11.0 Å². The first-order valence-electron chi connectivity index (χ1n) is 5.77. The van der Waals surface area contributed by atoms with Crippen LogP contribution in [0.1, 0.15) is 30.0 Å². The monoisotopic (exact) mass is 291 g/mol. The molecule has 1 atom stereocenters. The summed E-state index contributed by atoms with van der Waals surface area (Å²) in [6, 6.07) is 0.952. The zero-order valence-electron chi connectivity index (χ0n) is 10.2. The summed E-state index contributed by atoms with van der Waals surface area (Å²) in [7, 11) is 0. The van der Waals surface area contributed by atoms with Crippen molar-refractivity contribution >= 4 is 5.97 Å². The number of alkyl halides is 3. The van der Waals surface area contributed by atoms with Gasteiger partial charge >= 0.3 is 12.1 Å². The lowest BCUT2D eigenvalue weighted by Gasteiger charge is -2.18. The minimum absolute atomic E-state index is 0.00603. The Balaban J connectivity index is 2.37. The highest BCUT2D eigenvalue weighted by Gasteiger charge is 2.37. The second-order valence-electron chi connectivity index (χ2n) is 4.33. The molecule has 110 valence electrons. The Morgan fingerprint density at radius 2 is 1.95 bits per heavy atom. The van der Waals surface area contributed by atoms with Gasteiger partial charge in [0.25, 0.3) is 0 Å². The molecule has 0 aromatic heterocycles. The van der Waals surface area contributed by atoms with E-state index in [-0.39, 0.29) is 36.7 Å². The Kier molecular flexibility index (Phi) is 3.76. The van der Waals surface area contributed by atoms with Gasteiger partial charge in [0.1, 0.15) is 0 Å². The number of rotatable bonds is 4. The summed E-state index contributed by atoms with van der Waals surface area (Å²) < 4.78 is 49.0. The predicted molar refractivity (Wildman–Crippen MR) is 61.4 cm³/mol. The van der Waals surface area contributed by atoms with Crippen molar-refractivity contribution in [1.82, 2.24) is 0 Å². The first-order valence-corrected chi connectivity index (χ1v) is 5.77. The van der Waals surface area contributed by atoms with E-state index >= 15 is 0 Å². The predicted octanol–water partition coefficient (Wildman–Crippen LogP) is 2.30. The van der Waals surface area contributed by atoms with E-state index in [9.17, 15) is 18.0 Å². The van der Waals surface area contributed by atoms with E-state index in [4.69, 9.17) is 20.3 Å². The fourth-order valence-corrected chi connectivity index (χ4v) is 1.94. The molecule has 0 aliphatic carbocycles. The van der Waals surface area contributed by atoms with Gasteiger partial charge in [-0.15, -0.1) is 0 Å². The van der Waals surface area contributed by atoms with Crippen LogP contribution < -0.4 is 15.2 Å². The van der Waals surface area contributed by atoms with Crippen LogP contribution in [0.4, 0.5) is 13.2 Å². The van der Waals surface area contributed by atoms with Crippen molar-refractivity contribution in [2.45, 2.75) is 25.1 Å². The minimum atomic E-state index is -4.60. The van der Waals surface area contributed by atoms with E-state index in [2.05, 4.69) is 0 Å². The maximum atomic E-state index is 13.0. The number of hydrogen-bond donors (Lipinski definition) is 2. The summed E-state index contributed by atoms with van der Waals surface area (Å²) in [6.07, 6.45) is -5.01. The fraction of sp³-hybridized carbons (Fsp3) is 0.417. The van der Waals surface area contributed by atoms with Crippen molar-refractivity contribution in [3.8, 4) is 11.5 Å². The van der Waals surface area contributed by atoms with Crippen molar-refractivity contribution in [3.05, 3.63) is 23.3 Å². The normalized spacial score (nSPS) is 15.2. The van der Waals surface area contributed by atoms with E-state index in [1.807, 2.05) is 0 Å². The average molecular weight is 291 g/mol. The largest absolute Gasteiger partial charge is 0.481 e. The van der Waals surface area contributed by atoms with E-state index in [1.165, 1.54) is 0 Å². The van der Waals surface area contributed by atoms with Crippen LogP contribution in [0.25, 0.3) is 0 Å². The molecule has 1 heterocycles. The second kappa shape index (κ2) is 5.20. The maximum Gasteiger partial charge on any atom is 0.416 e. The number of fused-ring (bicyclic) bond motifs is 1. The van der Waals surface area contributed by atoms with Crippen LogP contribution in [0.2, 0.25) is 0 Å². The number of ether oxygens (including phenoxy) is 2. The van der Waals surface area contributed by atoms with E-state index in [0.29, 0.717) is 0 Å². The highest BCUT2D eigenvalue weighted by Crippen LogP contribution is 2.43. The molecule has 1 aromatic rings. The van der Waals surface area contributed by atoms with Gasteiger partial charge in [-0.2, -0.15) is 13.2 Å². The summed E-state index contributed by atoms with van der Waals surface area (Å²) in [6.45, 7) is -0.152. The second-order valence-corrected chi connectivity index (χ2v) is 4.33. The zero-order valence-corrected chi connectivity index (χ0v) is 10.2. The lowest BCUT2D eigenvalue weighted by atomic mass is 9.96. The molecule has 0 radical (unpaired) electrons. The lowest BCUT2D eigenvalue weighted by molar-refractivity contribution is -0.138. The molecule has 0 saturated heterocycles. The Labute approximate surface area is 112 Å². The van der Waals surface area contributed by atoms with Gasteiger partial charge in [-0.3, -0.25) is 4.79 Å². The number of halogens is 3. The number of benzene rings is 1. The molecular formula is C12H12F3NO4. The molecule has 1 aromatic carbocycles. The molecular weight excluding hydrogens is 279 g/mol. The molecule has 0 spiro atoms.